The van der Waals surface area contributed by atoms with Crippen LogP contribution in [-0.4, -0.2) is 11.7 Å². The predicted octanol–water partition coefficient (Wildman–Crippen LogP) is 5.79. The number of hydrogen-bond acceptors (Lipinski definition) is 2. The van der Waals surface area contributed by atoms with Gasteiger partial charge in [0.2, 0.25) is 0 Å². The molecule has 0 bridgehead atoms. The highest BCUT2D eigenvalue weighted by molar-refractivity contribution is 5.85. The zero-order valence-corrected chi connectivity index (χ0v) is 16.3. The van der Waals surface area contributed by atoms with Crippen molar-refractivity contribution in [2.45, 2.75) is 19.8 Å². The Morgan fingerprint density at radius 2 is 1.57 bits per heavy atom. The molecule has 0 unspecified atom stereocenters. The van der Waals surface area contributed by atoms with E-state index in [0.717, 1.165) is 33.6 Å². The molecule has 1 aromatic heterocycles. The molecule has 0 aliphatic rings. The van der Waals surface area contributed by atoms with Crippen LogP contribution in [0.5, 0.6) is 5.75 Å². The summed E-state index contributed by atoms with van der Waals surface area (Å²) >= 11 is 0. The van der Waals surface area contributed by atoms with Crippen molar-refractivity contribution in [3.63, 3.8) is 0 Å². The summed E-state index contributed by atoms with van der Waals surface area (Å²) in [6, 6.07) is 25.9. The van der Waals surface area contributed by atoms with Crippen LogP contribution >= 0.6 is 0 Å². The number of ether oxygens (including phenoxy) is 1. The average molecular weight is 369 g/mol. The summed E-state index contributed by atoms with van der Waals surface area (Å²) in [6.45, 7) is 4.28. The SMILES string of the molecule is COc1ccc(-n2c(-c3ccccc3)cc(=O)c3cc(C(C)C)ccc32)cc1. The van der Waals surface area contributed by atoms with Gasteiger partial charge in [0.15, 0.2) is 5.43 Å². The van der Waals surface area contributed by atoms with Gasteiger partial charge in [0.05, 0.1) is 18.3 Å². The molecule has 0 aliphatic heterocycles. The van der Waals surface area contributed by atoms with E-state index in [1.54, 1.807) is 13.2 Å². The van der Waals surface area contributed by atoms with Crippen molar-refractivity contribution in [3.8, 4) is 22.7 Å². The van der Waals surface area contributed by atoms with Crippen molar-refractivity contribution in [3.05, 3.63) is 94.6 Å². The lowest BCUT2D eigenvalue weighted by molar-refractivity contribution is 0.415. The normalized spacial score (nSPS) is 11.1. The van der Waals surface area contributed by atoms with E-state index in [9.17, 15) is 4.79 Å². The quantitative estimate of drug-likeness (QED) is 0.456. The fraction of sp³-hybridized carbons (Fsp3) is 0.160. The third kappa shape index (κ3) is 3.20. The van der Waals surface area contributed by atoms with Gasteiger partial charge in [-0.25, -0.2) is 0 Å². The smallest absolute Gasteiger partial charge is 0.190 e. The molecule has 0 spiro atoms. The van der Waals surface area contributed by atoms with Crippen LogP contribution in [0.4, 0.5) is 0 Å². The molecule has 0 saturated heterocycles. The van der Waals surface area contributed by atoms with Gasteiger partial charge in [0.25, 0.3) is 0 Å². The summed E-state index contributed by atoms with van der Waals surface area (Å²) < 4.78 is 7.46. The number of nitrogens with zero attached hydrogens (tertiary/aromatic N) is 1. The highest BCUT2D eigenvalue weighted by Crippen LogP contribution is 2.29. The van der Waals surface area contributed by atoms with Gasteiger partial charge < -0.3 is 9.30 Å². The van der Waals surface area contributed by atoms with Gasteiger partial charge in [0, 0.05) is 17.1 Å². The summed E-state index contributed by atoms with van der Waals surface area (Å²) in [5.41, 5.74) is 4.98. The van der Waals surface area contributed by atoms with Crippen LogP contribution in [0.1, 0.15) is 25.3 Å². The molecule has 4 rings (SSSR count). The lowest BCUT2D eigenvalue weighted by Gasteiger charge is -2.19. The van der Waals surface area contributed by atoms with E-state index in [1.807, 2.05) is 60.7 Å². The summed E-state index contributed by atoms with van der Waals surface area (Å²) in [6.07, 6.45) is 0. The first kappa shape index (κ1) is 18.1. The van der Waals surface area contributed by atoms with Gasteiger partial charge >= 0.3 is 0 Å². The maximum absolute atomic E-state index is 13.0. The van der Waals surface area contributed by atoms with E-state index in [-0.39, 0.29) is 5.43 Å². The minimum Gasteiger partial charge on any atom is -0.497 e. The first-order valence-electron chi connectivity index (χ1n) is 9.48. The Morgan fingerprint density at radius 1 is 0.857 bits per heavy atom. The molecule has 0 fully saturated rings. The second-order valence-corrected chi connectivity index (χ2v) is 7.22. The lowest BCUT2D eigenvalue weighted by Crippen LogP contribution is -2.11. The fourth-order valence-electron chi connectivity index (χ4n) is 3.53. The van der Waals surface area contributed by atoms with Gasteiger partial charge in [-0.05, 0) is 53.4 Å². The second kappa shape index (κ2) is 7.35. The van der Waals surface area contributed by atoms with Crippen molar-refractivity contribution in [2.75, 3.05) is 7.11 Å². The molecular formula is C25H23NO2. The summed E-state index contributed by atoms with van der Waals surface area (Å²) in [5, 5.41) is 0.738. The molecule has 0 amide bonds. The third-order valence-corrected chi connectivity index (χ3v) is 5.10. The van der Waals surface area contributed by atoms with Crippen LogP contribution in [0.15, 0.2) is 83.7 Å². The van der Waals surface area contributed by atoms with Crippen LogP contribution in [-0.2, 0) is 0 Å². The Hall–Kier alpha value is -3.33. The Balaban J connectivity index is 2.07. The minimum atomic E-state index is 0.0427. The van der Waals surface area contributed by atoms with Crippen molar-refractivity contribution in [2.24, 2.45) is 0 Å². The zero-order valence-electron chi connectivity index (χ0n) is 16.3. The highest BCUT2D eigenvalue weighted by Gasteiger charge is 2.14. The second-order valence-electron chi connectivity index (χ2n) is 7.22. The average Bonchev–Trinajstić information content (AvgIpc) is 2.74. The van der Waals surface area contributed by atoms with Crippen LogP contribution in [0.2, 0.25) is 0 Å². The van der Waals surface area contributed by atoms with E-state index in [1.165, 1.54) is 5.56 Å². The van der Waals surface area contributed by atoms with E-state index < -0.39 is 0 Å². The van der Waals surface area contributed by atoms with E-state index in [2.05, 4.69) is 30.5 Å². The number of rotatable bonds is 4. The maximum atomic E-state index is 13.0. The van der Waals surface area contributed by atoms with Crippen LogP contribution in [0.3, 0.4) is 0 Å². The predicted molar refractivity (Wildman–Crippen MR) is 116 cm³/mol. The van der Waals surface area contributed by atoms with Gasteiger partial charge in [-0.2, -0.15) is 0 Å². The lowest BCUT2D eigenvalue weighted by atomic mass is 9.99. The molecule has 4 aromatic rings. The molecule has 140 valence electrons. The molecule has 3 heteroatoms. The van der Waals surface area contributed by atoms with Crippen molar-refractivity contribution < 1.29 is 4.74 Å². The number of methoxy groups -OCH3 is 1. The summed E-state index contributed by atoms with van der Waals surface area (Å²) in [5.74, 6) is 1.17. The molecule has 0 N–H and O–H groups in total. The minimum absolute atomic E-state index is 0.0427. The van der Waals surface area contributed by atoms with E-state index >= 15 is 0 Å². The van der Waals surface area contributed by atoms with Gasteiger partial charge in [-0.1, -0.05) is 50.2 Å². The molecule has 0 aliphatic carbocycles. The van der Waals surface area contributed by atoms with Gasteiger partial charge in [-0.3, -0.25) is 4.79 Å². The number of aromatic nitrogens is 1. The number of pyridine rings is 1. The molecule has 0 radical (unpaired) electrons. The summed E-state index contributed by atoms with van der Waals surface area (Å²) in [7, 11) is 1.66. The number of fused-ring (bicyclic) bond motifs is 1. The van der Waals surface area contributed by atoms with Crippen molar-refractivity contribution in [1.82, 2.24) is 4.57 Å². The topological polar surface area (TPSA) is 31.2 Å². The third-order valence-electron chi connectivity index (χ3n) is 5.10. The van der Waals surface area contributed by atoms with Crippen molar-refractivity contribution >= 4 is 10.9 Å². The summed E-state index contributed by atoms with van der Waals surface area (Å²) in [4.78, 5) is 13.0. The Bertz CT molecular complexity index is 1170. The Morgan fingerprint density at radius 3 is 2.21 bits per heavy atom. The molecule has 28 heavy (non-hydrogen) atoms. The zero-order chi connectivity index (χ0) is 19.7. The van der Waals surface area contributed by atoms with Crippen LogP contribution in [0, 0.1) is 0 Å². The maximum Gasteiger partial charge on any atom is 0.190 e. The molecule has 1 heterocycles. The molecular weight excluding hydrogens is 346 g/mol. The van der Waals surface area contributed by atoms with Gasteiger partial charge in [-0.15, -0.1) is 0 Å². The molecule has 3 aromatic carbocycles. The molecule has 0 atom stereocenters. The number of hydrogen-bond donors (Lipinski definition) is 0. The highest BCUT2D eigenvalue weighted by atomic mass is 16.5. The van der Waals surface area contributed by atoms with E-state index in [4.69, 9.17) is 4.74 Å². The molecule has 3 nitrogen and oxygen atoms in total. The Labute approximate surface area is 164 Å². The first-order chi connectivity index (χ1) is 13.6. The monoisotopic (exact) mass is 369 g/mol. The first-order valence-corrected chi connectivity index (χ1v) is 9.48. The molecule has 0 saturated carbocycles. The van der Waals surface area contributed by atoms with E-state index in [0.29, 0.717) is 5.92 Å². The number of benzene rings is 3. The standard InChI is InChI=1S/C25H23NO2/c1-17(2)19-9-14-23-22(15-19)25(27)16-24(18-7-5-4-6-8-18)26(23)20-10-12-21(28-3)13-11-20/h4-17H,1-3H3. The van der Waals surface area contributed by atoms with Gasteiger partial charge in [0.1, 0.15) is 5.75 Å². The van der Waals surface area contributed by atoms with Crippen molar-refractivity contribution in [1.29, 1.82) is 0 Å². The Kier molecular flexibility index (Phi) is 4.74. The van der Waals surface area contributed by atoms with Crippen LogP contribution in [0.25, 0.3) is 27.8 Å². The largest absolute Gasteiger partial charge is 0.497 e. The fourth-order valence-corrected chi connectivity index (χ4v) is 3.53. The van der Waals surface area contributed by atoms with Crippen LogP contribution < -0.4 is 10.2 Å².